The van der Waals surface area contributed by atoms with Gasteiger partial charge in [-0.05, 0) is 54.6 Å². The molecule has 0 atom stereocenters. The smallest absolute Gasteiger partial charge is 0.298 e. The van der Waals surface area contributed by atoms with Gasteiger partial charge in [-0.15, -0.1) is 0 Å². The third kappa shape index (κ3) is 3.39. The number of nitrogens with zero attached hydrogens (tertiary/aromatic N) is 1. The van der Waals surface area contributed by atoms with E-state index >= 15 is 0 Å². The van der Waals surface area contributed by atoms with Gasteiger partial charge in [-0.1, -0.05) is 12.1 Å². The number of benzene rings is 2. The molecular formula is C19H17NO4S. The number of carbonyl (C=O) groups excluding carboxylic acids is 2. The standard InChI is InChI=1S/C19H17NO4S/c1-12-5-4-6-14(9-12)20-18(21)17(25-19(20)22)10-13-7-8-15(23-2)11-16(13)24-3/h4-11H,1-3H3/b17-10-. The fraction of sp³-hybridized carbons (Fsp3) is 0.158. The van der Waals surface area contributed by atoms with E-state index in [9.17, 15) is 9.59 Å². The molecular weight excluding hydrogens is 338 g/mol. The van der Waals surface area contributed by atoms with Gasteiger partial charge in [0, 0.05) is 11.6 Å². The number of hydrogen-bond acceptors (Lipinski definition) is 5. The Kier molecular flexibility index (Phi) is 4.81. The lowest BCUT2D eigenvalue weighted by atomic mass is 10.1. The van der Waals surface area contributed by atoms with Gasteiger partial charge in [-0.3, -0.25) is 9.59 Å². The Bertz CT molecular complexity index is 875. The average Bonchev–Trinajstić information content (AvgIpc) is 2.88. The van der Waals surface area contributed by atoms with E-state index in [2.05, 4.69) is 0 Å². The molecule has 0 bridgehead atoms. The number of aryl methyl sites for hydroxylation is 1. The number of rotatable bonds is 4. The fourth-order valence-electron chi connectivity index (χ4n) is 2.54. The van der Waals surface area contributed by atoms with Gasteiger partial charge >= 0.3 is 0 Å². The number of amides is 2. The summed E-state index contributed by atoms with van der Waals surface area (Å²) >= 11 is 0.918. The lowest BCUT2D eigenvalue weighted by Gasteiger charge is -2.12. The molecule has 25 heavy (non-hydrogen) atoms. The Morgan fingerprint density at radius 2 is 1.84 bits per heavy atom. The van der Waals surface area contributed by atoms with Crippen molar-refractivity contribution >= 4 is 34.7 Å². The molecule has 0 aromatic heterocycles. The number of anilines is 1. The molecule has 0 unspecified atom stereocenters. The molecule has 2 aromatic carbocycles. The Labute approximate surface area is 150 Å². The molecule has 0 spiro atoms. The van der Waals surface area contributed by atoms with E-state index in [0.717, 1.165) is 17.3 Å². The monoisotopic (exact) mass is 355 g/mol. The van der Waals surface area contributed by atoms with Gasteiger partial charge in [0.2, 0.25) is 0 Å². The first-order valence-corrected chi connectivity index (χ1v) is 8.42. The molecule has 0 saturated carbocycles. The van der Waals surface area contributed by atoms with Crippen molar-refractivity contribution in [3.63, 3.8) is 0 Å². The van der Waals surface area contributed by atoms with Crippen LogP contribution in [0.5, 0.6) is 11.5 Å². The second-order valence-electron chi connectivity index (χ2n) is 5.46. The summed E-state index contributed by atoms with van der Waals surface area (Å²) in [7, 11) is 3.12. The van der Waals surface area contributed by atoms with Gasteiger partial charge in [-0.25, -0.2) is 4.90 Å². The van der Waals surface area contributed by atoms with Crippen LogP contribution in [0.3, 0.4) is 0 Å². The zero-order chi connectivity index (χ0) is 18.0. The molecule has 128 valence electrons. The van der Waals surface area contributed by atoms with E-state index in [4.69, 9.17) is 9.47 Å². The van der Waals surface area contributed by atoms with Crippen LogP contribution in [0.15, 0.2) is 47.4 Å². The van der Waals surface area contributed by atoms with Crippen LogP contribution in [-0.4, -0.2) is 25.4 Å². The van der Waals surface area contributed by atoms with Gasteiger partial charge in [0.25, 0.3) is 11.1 Å². The first-order valence-electron chi connectivity index (χ1n) is 7.60. The molecule has 1 heterocycles. The molecule has 6 heteroatoms. The lowest BCUT2D eigenvalue weighted by Crippen LogP contribution is -2.27. The van der Waals surface area contributed by atoms with E-state index < -0.39 is 0 Å². The number of ether oxygens (including phenoxy) is 2. The molecule has 1 aliphatic rings. The highest BCUT2D eigenvalue weighted by molar-refractivity contribution is 8.19. The highest BCUT2D eigenvalue weighted by Crippen LogP contribution is 2.37. The number of carbonyl (C=O) groups is 2. The van der Waals surface area contributed by atoms with E-state index in [0.29, 0.717) is 27.7 Å². The number of thioether (sulfide) groups is 1. The molecule has 0 aliphatic carbocycles. The minimum Gasteiger partial charge on any atom is -0.497 e. The predicted molar refractivity (Wildman–Crippen MR) is 99.2 cm³/mol. The largest absolute Gasteiger partial charge is 0.497 e. The van der Waals surface area contributed by atoms with Crippen LogP contribution in [-0.2, 0) is 4.79 Å². The summed E-state index contributed by atoms with van der Waals surface area (Å²) in [5.74, 6) is 0.891. The van der Waals surface area contributed by atoms with Gasteiger partial charge in [0.1, 0.15) is 11.5 Å². The van der Waals surface area contributed by atoms with Crippen molar-refractivity contribution in [2.24, 2.45) is 0 Å². The summed E-state index contributed by atoms with van der Waals surface area (Å²) in [4.78, 5) is 26.6. The predicted octanol–water partition coefficient (Wildman–Crippen LogP) is 4.25. The van der Waals surface area contributed by atoms with Crippen molar-refractivity contribution in [2.75, 3.05) is 19.1 Å². The normalized spacial score (nSPS) is 15.8. The quantitative estimate of drug-likeness (QED) is 0.767. The maximum absolute atomic E-state index is 12.7. The molecule has 0 radical (unpaired) electrons. The summed E-state index contributed by atoms with van der Waals surface area (Å²) in [6.07, 6.45) is 1.67. The first-order chi connectivity index (χ1) is 12.0. The maximum atomic E-state index is 12.7. The zero-order valence-corrected chi connectivity index (χ0v) is 14.9. The van der Waals surface area contributed by atoms with Crippen molar-refractivity contribution < 1.29 is 19.1 Å². The Morgan fingerprint density at radius 3 is 2.52 bits per heavy atom. The molecule has 1 aliphatic heterocycles. The number of hydrogen-bond donors (Lipinski definition) is 0. The van der Waals surface area contributed by atoms with E-state index in [1.54, 1.807) is 44.6 Å². The summed E-state index contributed by atoms with van der Waals surface area (Å²) in [5, 5.41) is -0.311. The third-order valence-electron chi connectivity index (χ3n) is 3.78. The Balaban J connectivity index is 1.96. The first kappa shape index (κ1) is 17.1. The average molecular weight is 355 g/mol. The highest BCUT2D eigenvalue weighted by Gasteiger charge is 2.36. The van der Waals surface area contributed by atoms with Crippen molar-refractivity contribution in [2.45, 2.75) is 6.92 Å². The van der Waals surface area contributed by atoms with Crippen LogP contribution < -0.4 is 14.4 Å². The van der Waals surface area contributed by atoms with Crippen molar-refractivity contribution in [3.05, 3.63) is 58.5 Å². The van der Waals surface area contributed by atoms with Crippen molar-refractivity contribution in [3.8, 4) is 11.5 Å². The van der Waals surface area contributed by atoms with Gasteiger partial charge < -0.3 is 9.47 Å². The summed E-state index contributed by atoms with van der Waals surface area (Å²) in [6, 6.07) is 12.6. The molecule has 0 N–H and O–H groups in total. The SMILES string of the molecule is COc1ccc(/C=C2\SC(=O)N(c3cccc(C)c3)C2=O)c(OC)c1. The third-order valence-corrected chi connectivity index (χ3v) is 4.65. The van der Waals surface area contributed by atoms with E-state index in [1.807, 2.05) is 25.1 Å². The second kappa shape index (κ2) is 7.03. The topological polar surface area (TPSA) is 55.8 Å². The maximum Gasteiger partial charge on any atom is 0.298 e. The van der Waals surface area contributed by atoms with Crippen LogP contribution in [0.25, 0.3) is 6.08 Å². The van der Waals surface area contributed by atoms with E-state index in [-0.39, 0.29) is 11.1 Å². The lowest BCUT2D eigenvalue weighted by molar-refractivity contribution is -0.113. The van der Waals surface area contributed by atoms with Gasteiger partial charge in [0.15, 0.2) is 0 Å². The molecule has 1 saturated heterocycles. The Morgan fingerprint density at radius 1 is 1.04 bits per heavy atom. The Hall–Kier alpha value is -2.73. The minimum atomic E-state index is -0.335. The fourth-order valence-corrected chi connectivity index (χ4v) is 3.37. The summed E-state index contributed by atoms with van der Waals surface area (Å²) in [6.45, 7) is 1.92. The van der Waals surface area contributed by atoms with Gasteiger partial charge in [-0.2, -0.15) is 0 Å². The summed E-state index contributed by atoms with van der Waals surface area (Å²) < 4.78 is 10.5. The van der Waals surface area contributed by atoms with Crippen molar-refractivity contribution in [1.29, 1.82) is 0 Å². The van der Waals surface area contributed by atoms with Crippen LogP contribution in [0.4, 0.5) is 10.5 Å². The van der Waals surface area contributed by atoms with Crippen LogP contribution >= 0.6 is 11.8 Å². The number of methoxy groups -OCH3 is 2. The van der Waals surface area contributed by atoms with Crippen LogP contribution in [0.1, 0.15) is 11.1 Å². The zero-order valence-electron chi connectivity index (χ0n) is 14.1. The van der Waals surface area contributed by atoms with Crippen LogP contribution in [0, 0.1) is 6.92 Å². The second-order valence-corrected chi connectivity index (χ2v) is 6.46. The molecule has 5 nitrogen and oxygen atoms in total. The molecule has 3 rings (SSSR count). The molecule has 2 amide bonds. The summed E-state index contributed by atoms with van der Waals surface area (Å²) in [5.41, 5.74) is 2.27. The van der Waals surface area contributed by atoms with E-state index in [1.165, 1.54) is 4.90 Å². The molecule has 2 aromatic rings. The van der Waals surface area contributed by atoms with Crippen LogP contribution in [0.2, 0.25) is 0 Å². The number of imide groups is 1. The van der Waals surface area contributed by atoms with Crippen molar-refractivity contribution in [1.82, 2.24) is 0 Å². The van der Waals surface area contributed by atoms with Gasteiger partial charge in [0.05, 0.1) is 24.8 Å². The molecule has 1 fully saturated rings. The minimum absolute atomic E-state index is 0.311. The highest BCUT2D eigenvalue weighted by atomic mass is 32.2.